The van der Waals surface area contributed by atoms with E-state index < -0.39 is 20.6 Å². The van der Waals surface area contributed by atoms with Crippen molar-refractivity contribution in [2.45, 2.75) is 25.3 Å². The lowest BCUT2D eigenvalue weighted by atomic mass is 10.2. The van der Waals surface area contributed by atoms with Crippen molar-refractivity contribution in [3.8, 4) is 5.75 Å². The molecule has 0 saturated carbocycles. The molecule has 0 N–H and O–H groups in total. The number of nitro groups is 1. The predicted molar refractivity (Wildman–Crippen MR) is 94.1 cm³/mol. The Balaban J connectivity index is 2.32. The van der Waals surface area contributed by atoms with Gasteiger partial charge in [0.15, 0.2) is 4.90 Å². The number of hydrogen-bond acceptors (Lipinski definition) is 5. The number of hydrogen-bond donors (Lipinski definition) is 0. The maximum atomic E-state index is 12.8. The fraction of sp³-hybridized carbons (Fsp3) is 0.294. The summed E-state index contributed by atoms with van der Waals surface area (Å²) in [6, 6.07) is 11.3. The third-order valence-corrected chi connectivity index (χ3v) is 5.69. The van der Waals surface area contributed by atoms with Gasteiger partial charge in [-0.15, -0.1) is 0 Å². The molecule has 0 aromatic heterocycles. The zero-order valence-electron chi connectivity index (χ0n) is 14.3. The molecule has 2 aromatic carbocycles. The molecule has 25 heavy (non-hydrogen) atoms. The highest BCUT2D eigenvalue weighted by Crippen LogP contribution is 2.30. The van der Waals surface area contributed by atoms with Crippen molar-refractivity contribution in [1.82, 2.24) is 4.31 Å². The average Bonchev–Trinajstić information content (AvgIpc) is 2.56. The fourth-order valence-electron chi connectivity index (χ4n) is 2.47. The molecule has 8 heteroatoms. The minimum absolute atomic E-state index is 0.0974. The van der Waals surface area contributed by atoms with Crippen LogP contribution in [-0.2, 0) is 16.6 Å². The van der Waals surface area contributed by atoms with Crippen LogP contribution in [0.2, 0.25) is 0 Å². The molecule has 0 bridgehead atoms. The smallest absolute Gasteiger partial charge is 0.289 e. The quantitative estimate of drug-likeness (QED) is 0.556. The van der Waals surface area contributed by atoms with Crippen molar-refractivity contribution in [3.63, 3.8) is 0 Å². The van der Waals surface area contributed by atoms with Crippen LogP contribution < -0.4 is 4.74 Å². The lowest BCUT2D eigenvalue weighted by Gasteiger charge is -2.18. The van der Waals surface area contributed by atoms with E-state index in [0.717, 1.165) is 9.87 Å². The molecule has 7 nitrogen and oxygen atoms in total. The summed E-state index contributed by atoms with van der Waals surface area (Å²) in [5.74, 6) is 0.700. The predicted octanol–water partition coefficient (Wildman–Crippen LogP) is 3.12. The second-order valence-corrected chi connectivity index (χ2v) is 7.50. The summed E-state index contributed by atoms with van der Waals surface area (Å²) in [5.41, 5.74) is 0.678. The van der Waals surface area contributed by atoms with Crippen LogP contribution >= 0.6 is 0 Å². The molecule has 0 aliphatic rings. The van der Waals surface area contributed by atoms with Crippen molar-refractivity contribution in [2.75, 3.05) is 13.7 Å². The van der Waals surface area contributed by atoms with Gasteiger partial charge in [0.1, 0.15) is 5.75 Å². The summed E-state index contributed by atoms with van der Waals surface area (Å²) in [5, 5.41) is 11.2. The Morgan fingerprint density at radius 1 is 1.16 bits per heavy atom. The fourth-order valence-corrected chi connectivity index (χ4v) is 3.98. The number of benzene rings is 2. The highest BCUT2D eigenvalue weighted by Gasteiger charge is 2.31. The van der Waals surface area contributed by atoms with Gasteiger partial charge in [-0.2, -0.15) is 4.31 Å². The van der Waals surface area contributed by atoms with E-state index in [4.69, 9.17) is 4.74 Å². The number of rotatable bonds is 7. The first-order valence-corrected chi connectivity index (χ1v) is 9.13. The van der Waals surface area contributed by atoms with Crippen LogP contribution in [0.1, 0.15) is 18.1 Å². The van der Waals surface area contributed by atoms with Crippen LogP contribution in [0.15, 0.2) is 47.4 Å². The number of nitro benzene ring substituents is 1. The van der Waals surface area contributed by atoms with E-state index in [-0.39, 0.29) is 11.4 Å². The van der Waals surface area contributed by atoms with Gasteiger partial charge in [-0.25, -0.2) is 8.42 Å². The topological polar surface area (TPSA) is 89.8 Å². The van der Waals surface area contributed by atoms with E-state index in [1.807, 2.05) is 6.92 Å². The summed E-state index contributed by atoms with van der Waals surface area (Å²) in [7, 11) is -2.60. The van der Waals surface area contributed by atoms with Crippen LogP contribution in [0.3, 0.4) is 0 Å². The van der Waals surface area contributed by atoms with Gasteiger partial charge in [0.2, 0.25) is 10.0 Å². The van der Waals surface area contributed by atoms with Crippen LogP contribution in [0.25, 0.3) is 0 Å². The molecule has 2 rings (SSSR count). The van der Waals surface area contributed by atoms with Gasteiger partial charge in [-0.3, -0.25) is 10.1 Å². The van der Waals surface area contributed by atoms with Gasteiger partial charge in [0.25, 0.3) is 5.69 Å². The lowest BCUT2D eigenvalue weighted by molar-refractivity contribution is -0.387. The highest BCUT2D eigenvalue weighted by atomic mass is 32.2. The lowest BCUT2D eigenvalue weighted by Crippen LogP contribution is -2.27. The molecule has 134 valence electrons. The molecule has 2 aromatic rings. The molecular weight excluding hydrogens is 344 g/mol. The third-order valence-electron chi connectivity index (χ3n) is 3.70. The Morgan fingerprint density at radius 3 is 2.36 bits per heavy atom. The van der Waals surface area contributed by atoms with Gasteiger partial charge >= 0.3 is 0 Å². The van der Waals surface area contributed by atoms with E-state index in [1.54, 1.807) is 37.3 Å². The number of nitrogens with zero attached hydrogens (tertiary/aromatic N) is 2. The first-order valence-electron chi connectivity index (χ1n) is 7.69. The van der Waals surface area contributed by atoms with E-state index in [9.17, 15) is 18.5 Å². The van der Waals surface area contributed by atoms with Crippen LogP contribution in [-0.4, -0.2) is 31.3 Å². The minimum Gasteiger partial charge on any atom is -0.494 e. The second-order valence-electron chi connectivity index (χ2n) is 5.52. The van der Waals surface area contributed by atoms with E-state index in [1.165, 1.54) is 19.2 Å². The number of sulfonamides is 1. The van der Waals surface area contributed by atoms with Crippen LogP contribution in [0.5, 0.6) is 5.75 Å². The third kappa shape index (κ3) is 4.15. The Labute approximate surface area is 147 Å². The van der Waals surface area contributed by atoms with Crippen molar-refractivity contribution in [3.05, 3.63) is 63.7 Å². The summed E-state index contributed by atoms with van der Waals surface area (Å²) in [4.78, 5) is 10.3. The summed E-state index contributed by atoms with van der Waals surface area (Å²) in [6.45, 7) is 4.07. The molecule has 0 amide bonds. The van der Waals surface area contributed by atoms with Crippen molar-refractivity contribution in [1.29, 1.82) is 0 Å². The molecular formula is C17H20N2O5S. The molecule has 0 fully saturated rings. The normalized spacial score (nSPS) is 11.5. The Bertz CT molecular complexity index is 863. The van der Waals surface area contributed by atoms with Crippen molar-refractivity contribution < 1.29 is 18.1 Å². The molecule has 0 unspecified atom stereocenters. The summed E-state index contributed by atoms with van der Waals surface area (Å²) >= 11 is 0. The molecule has 0 heterocycles. The second kappa shape index (κ2) is 7.62. The minimum atomic E-state index is -4.00. The molecule has 0 radical (unpaired) electrons. The van der Waals surface area contributed by atoms with Gasteiger partial charge < -0.3 is 4.74 Å². The van der Waals surface area contributed by atoms with Crippen molar-refractivity contribution >= 4 is 15.7 Å². The first kappa shape index (κ1) is 18.9. The Hall–Kier alpha value is -2.45. The standard InChI is InChI=1S/C17H20N2O5S/c1-4-24-15-10-8-14(9-11-15)12-18(3)25(22,23)17-13(2)6-5-7-16(17)19(20)21/h5-11H,4,12H2,1-3H3. The van der Waals surface area contributed by atoms with Gasteiger partial charge in [0, 0.05) is 19.7 Å². The average molecular weight is 364 g/mol. The summed E-state index contributed by atoms with van der Waals surface area (Å²) in [6.07, 6.45) is 0. The van der Waals surface area contributed by atoms with Crippen molar-refractivity contribution in [2.24, 2.45) is 0 Å². The number of aryl methyl sites for hydroxylation is 1. The van der Waals surface area contributed by atoms with E-state index in [2.05, 4.69) is 0 Å². The zero-order chi connectivity index (χ0) is 18.6. The number of ether oxygens (including phenoxy) is 1. The van der Waals surface area contributed by atoms with Crippen LogP contribution in [0.4, 0.5) is 5.69 Å². The van der Waals surface area contributed by atoms with E-state index in [0.29, 0.717) is 17.9 Å². The Kier molecular flexibility index (Phi) is 5.76. The molecule has 0 aliphatic carbocycles. The molecule has 0 atom stereocenters. The van der Waals surface area contributed by atoms with Gasteiger partial charge in [-0.05, 0) is 37.1 Å². The zero-order valence-corrected chi connectivity index (χ0v) is 15.1. The first-order chi connectivity index (χ1) is 11.8. The molecule has 0 spiro atoms. The maximum Gasteiger partial charge on any atom is 0.289 e. The van der Waals surface area contributed by atoms with Crippen LogP contribution in [0, 0.1) is 17.0 Å². The Morgan fingerprint density at radius 2 is 1.80 bits per heavy atom. The molecule has 0 aliphatic heterocycles. The molecule has 0 saturated heterocycles. The van der Waals surface area contributed by atoms with Gasteiger partial charge in [0.05, 0.1) is 11.5 Å². The summed E-state index contributed by atoms with van der Waals surface area (Å²) < 4.78 is 32.2. The maximum absolute atomic E-state index is 12.8. The highest BCUT2D eigenvalue weighted by molar-refractivity contribution is 7.89. The monoisotopic (exact) mass is 364 g/mol. The largest absolute Gasteiger partial charge is 0.494 e. The van der Waals surface area contributed by atoms with Gasteiger partial charge in [-0.1, -0.05) is 24.3 Å². The van der Waals surface area contributed by atoms with E-state index >= 15 is 0 Å². The SMILES string of the molecule is CCOc1ccc(CN(C)S(=O)(=O)c2c(C)cccc2[N+](=O)[O-])cc1.